The van der Waals surface area contributed by atoms with Crippen molar-refractivity contribution in [2.75, 3.05) is 19.4 Å². The molecule has 0 aliphatic carbocycles. The Hall–Kier alpha value is -1.81. The number of rotatable bonds is 9. The number of amides is 1. The van der Waals surface area contributed by atoms with Crippen LogP contribution in [0, 0.1) is 0 Å². The molecule has 0 saturated heterocycles. The first kappa shape index (κ1) is 20.9. The van der Waals surface area contributed by atoms with Gasteiger partial charge in [-0.15, -0.1) is 0 Å². The van der Waals surface area contributed by atoms with Crippen molar-refractivity contribution >= 4 is 11.6 Å². The number of ether oxygens (including phenoxy) is 1. The van der Waals surface area contributed by atoms with Crippen LogP contribution in [0.1, 0.15) is 70.8 Å². The molecule has 2 aliphatic heterocycles. The summed E-state index contributed by atoms with van der Waals surface area (Å²) in [6, 6.07) is 8.56. The number of benzene rings is 1. The van der Waals surface area contributed by atoms with E-state index in [1.807, 2.05) is 14.1 Å². The number of hydrogen-bond acceptors (Lipinski definition) is 3. The van der Waals surface area contributed by atoms with Crippen molar-refractivity contribution in [3.63, 3.8) is 0 Å². The van der Waals surface area contributed by atoms with Gasteiger partial charge in [-0.3, -0.25) is 4.79 Å². The first-order valence-electron chi connectivity index (χ1n) is 11.0. The zero-order valence-electron chi connectivity index (χ0n) is 18.0. The molecule has 0 aromatic heterocycles. The van der Waals surface area contributed by atoms with Gasteiger partial charge in [-0.1, -0.05) is 57.7 Å². The Bertz CT molecular complexity index is 725. The van der Waals surface area contributed by atoms with E-state index in [9.17, 15) is 4.79 Å². The van der Waals surface area contributed by atoms with Gasteiger partial charge in [0.1, 0.15) is 5.60 Å². The van der Waals surface area contributed by atoms with Crippen LogP contribution >= 0.6 is 0 Å². The van der Waals surface area contributed by atoms with Gasteiger partial charge < -0.3 is 15.0 Å². The number of fused-ring (bicyclic) bond motifs is 1. The largest absolute Gasteiger partial charge is 0.361 e. The molecule has 4 nitrogen and oxygen atoms in total. The van der Waals surface area contributed by atoms with E-state index >= 15 is 0 Å². The highest BCUT2D eigenvalue weighted by molar-refractivity contribution is 5.76. The Morgan fingerprint density at radius 1 is 1.21 bits per heavy atom. The number of para-hydroxylation sites is 1. The van der Waals surface area contributed by atoms with Crippen LogP contribution in [0.2, 0.25) is 0 Å². The number of nitrogens with zero attached hydrogens (tertiary/aromatic N) is 1. The van der Waals surface area contributed by atoms with Crippen LogP contribution in [0.25, 0.3) is 0 Å². The molecule has 1 amide bonds. The zero-order chi connectivity index (χ0) is 20.1. The van der Waals surface area contributed by atoms with E-state index in [4.69, 9.17) is 4.74 Å². The van der Waals surface area contributed by atoms with Crippen molar-refractivity contribution in [1.82, 2.24) is 4.90 Å². The lowest BCUT2D eigenvalue weighted by molar-refractivity contribution is -0.130. The van der Waals surface area contributed by atoms with Crippen LogP contribution in [0.4, 0.5) is 5.69 Å². The molecule has 4 heteroatoms. The molecule has 1 aromatic rings. The maximum Gasteiger partial charge on any atom is 0.222 e. The Morgan fingerprint density at radius 2 is 2.00 bits per heavy atom. The summed E-state index contributed by atoms with van der Waals surface area (Å²) in [5.41, 5.74) is 4.81. The highest BCUT2D eigenvalue weighted by atomic mass is 16.5. The second-order valence-electron chi connectivity index (χ2n) is 8.45. The molecule has 0 spiro atoms. The first-order valence-corrected chi connectivity index (χ1v) is 11.0. The standard InChI is InChI=1S/C24H36N2O2/c1-5-7-8-9-14-21-19-17-18-12-10-11-13-20(18)25-23(19)24(6-2,28-21)16-15-22(27)26(3)4/h10-13,21,25H,5-9,14-17H2,1-4H3. The number of carbonyl (C=O) groups excluding carboxylic acids is 1. The molecule has 2 unspecified atom stereocenters. The lowest BCUT2D eigenvalue weighted by atomic mass is 9.84. The van der Waals surface area contributed by atoms with Crippen LogP contribution in [0.5, 0.6) is 0 Å². The summed E-state index contributed by atoms with van der Waals surface area (Å²) < 4.78 is 6.78. The molecule has 0 saturated carbocycles. The van der Waals surface area contributed by atoms with Crippen LogP contribution in [-0.2, 0) is 16.0 Å². The molecule has 0 radical (unpaired) electrons. The molecule has 2 atom stereocenters. The minimum Gasteiger partial charge on any atom is -0.361 e. The van der Waals surface area contributed by atoms with E-state index in [1.54, 1.807) is 4.90 Å². The third-order valence-corrected chi connectivity index (χ3v) is 6.32. The summed E-state index contributed by atoms with van der Waals surface area (Å²) >= 11 is 0. The lowest BCUT2D eigenvalue weighted by Gasteiger charge is -2.33. The Morgan fingerprint density at radius 3 is 2.71 bits per heavy atom. The van der Waals surface area contributed by atoms with Gasteiger partial charge in [0.25, 0.3) is 0 Å². The van der Waals surface area contributed by atoms with E-state index < -0.39 is 0 Å². The number of anilines is 1. The molecule has 3 rings (SSSR count). The minimum atomic E-state index is -0.371. The van der Waals surface area contributed by atoms with Gasteiger partial charge in [0, 0.05) is 38.3 Å². The first-order chi connectivity index (χ1) is 13.5. The molecule has 0 fully saturated rings. The van der Waals surface area contributed by atoms with Crippen LogP contribution in [0.15, 0.2) is 35.5 Å². The van der Waals surface area contributed by atoms with E-state index in [2.05, 4.69) is 43.4 Å². The van der Waals surface area contributed by atoms with E-state index in [0.29, 0.717) is 6.42 Å². The van der Waals surface area contributed by atoms with Gasteiger partial charge in [-0.05, 0) is 36.5 Å². The van der Waals surface area contributed by atoms with Crippen LogP contribution < -0.4 is 5.32 Å². The Labute approximate surface area is 170 Å². The average Bonchev–Trinajstić information content (AvgIpc) is 3.01. The second kappa shape index (κ2) is 9.13. The minimum absolute atomic E-state index is 0.168. The molecule has 0 bridgehead atoms. The third-order valence-electron chi connectivity index (χ3n) is 6.32. The topological polar surface area (TPSA) is 41.6 Å². The van der Waals surface area contributed by atoms with Crippen molar-refractivity contribution < 1.29 is 9.53 Å². The fourth-order valence-corrected chi connectivity index (χ4v) is 4.53. The monoisotopic (exact) mass is 384 g/mol. The van der Waals surface area contributed by atoms with Crippen LogP contribution in [0.3, 0.4) is 0 Å². The highest BCUT2D eigenvalue weighted by Crippen LogP contribution is 2.47. The Kier molecular flexibility index (Phi) is 6.82. The maximum absolute atomic E-state index is 12.3. The number of nitrogens with one attached hydrogen (secondary N) is 1. The molecule has 154 valence electrons. The van der Waals surface area contributed by atoms with Crippen molar-refractivity contribution in [2.24, 2.45) is 0 Å². The smallest absolute Gasteiger partial charge is 0.222 e. The van der Waals surface area contributed by atoms with Gasteiger partial charge in [-0.25, -0.2) is 0 Å². The molecule has 2 heterocycles. The quantitative estimate of drug-likeness (QED) is 0.588. The van der Waals surface area contributed by atoms with E-state index in [-0.39, 0.29) is 17.6 Å². The fraction of sp³-hybridized carbons (Fsp3) is 0.625. The summed E-state index contributed by atoms with van der Waals surface area (Å²) in [5, 5.41) is 3.72. The predicted molar refractivity (Wildman–Crippen MR) is 115 cm³/mol. The van der Waals surface area contributed by atoms with E-state index in [0.717, 1.165) is 25.7 Å². The SMILES string of the molecule is CCCCCCC1OC(CC)(CCC(=O)N(C)C)C2=C1Cc1ccccc1N2. The summed E-state index contributed by atoms with van der Waals surface area (Å²) in [5.74, 6) is 0.168. The van der Waals surface area contributed by atoms with Gasteiger partial charge in [0.15, 0.2) is 0 Å². The third kappa shape index (κ3) is 4.27. The predicted octanol–water partition coefficient (Wildman–Crippen LogP) is 5.30. The molecule has 1 N–H and O–H groups in total. The van der Waals surface area contributed by atoms with Crippen LogP contribution in [-0.4, -0.2) is 36.6 Å². The lowest BCUT2D eigenvalue weighted by Crippen LogP contribution is -2.37. The molecule has 1 aromatic carbocycles. The van der Waals surface area contributed by atoms with Crippen molar-refractivity contribution in [3.05, 3.63) is 41.1 Å². The fourth-order valence-electron chi connectivity index (χ4n) is 4.53. The summed E-state index contributed by atoms with van der Waals surface area (Å²) in [6.07, 6.45) is 9.34. The summed E-state index contributed by atoms with van der Waals surface area (Å²) in [4.78, 5) is 14.0. The Balaban J connectivity index is 1.83. The van der Waals surface area contributed by atoms with E-state index in [1.165, 1.54) is 48.2 Å². The number of hydrogen-bond donors (Lipinski definition) is 1. The number of carbonyl (C=O) groups is 1. The van der Waals surface area contributed by atoms with Gasteiger partial charge >= 0.3 is 0 Å². The summed E-state index contributed by atoms with van der Waals surface area (Å²) in [6.45, 7) is 4.44. The maximum atomic E-state index is 12.3. The van der Waals surface area contributed by atoms with Crippen molar-refractivity contribution in [3.8, 4) is 0 Å². The molecular formula is C24H36N2O2. The average molecular weight is 385 g/mol. The molecule has 2 aliphatic rings. The van der Waals surface area contributed by atoms with Gasteiger partial charge in [0.2, 0.25) is 5.91 Å². The second-order valence-corrected chi connectivity index (χ2v) is 8.45. The van der Waals surface area contributed by atoms with Gasteiger partial charge in [-0.2, -0.15) is 0 Å². The summed E-state index contributed by atoms with van der Waals surface area (Å²) in [7, 11) is 3.65. The number of unbranched alkanes of at least 4 members (excludes halogenated alkanes) is 3. The normalized spacial score (nSPS) is 23.2. The zero-order valence-corrected chi connectivity index (χ0v) is 18.0. The highest BCUT2D eigenvalue weighted by Gasteiger charge is 2.47. The van der Waals surface area contributed by atoms with Gasteiger partial charge in [0.05, 0.1) is 6.10 Å². The van der Waals surface area contributed by atoms with Crippen molar-refractivity contribution in [1.29, 1.82) is 0 Å². The molecular weight excluding hydrogens is 348 g/mol. The molecule has 28 heavy (non-hydrogen) atoms. The van der Waals surface area contributed by atoms with Crippen molar-refractivity contribution in [2.45, 2.75) is 83.3 Å².